The Morgan fingerprint density at radius 3 is 2.36 bits per heavy atom. The van der Waals surface area contributed by atoms with Crippen molar-refractivity contribution in [1.82, 2.24) is 10.2 Å². The Morgan fingerprint density at radius 2 is 1.67 bits per heavy atom. The zero-order valence-corrected chi connectivity index (χ0v) is 20.0. The minimum Gasteiger partial charge on any atom is -0.497 e. The van der Waals surface area contributed by atoms with Gasteiger partial charge in [-0.15, -0.1) is 0 Å². The van der Waals surface area contributed by atoms with E-state index in [4.69, 9.17) is 4.74 Å². The number of carbonyl (C=O) groups is 2. The summed E-state index contributed by atoms with van der Waals surface area (Å²) >= 11 is 0. The van der Waals surface area contributed by atoms with Crippen molar-refractivity contribution in [3.63, 3.8) is 0 Å². The summed E-state index contributed by atoms with van der Waals surface area (Å²) in [6.07, 6.45) is 1.80. The molecule has 0 aliphatic rings. The quantitative estimate of drug-likeness (QED) is 0.471. The lowest BCUT2D eigenvalue weighted by Gasteiger charge is -2.30. The molecule has 0 radical (unpaired) electrons. The van der Waals surface area contributed by atoms with E-state index < -0.39 is 6.04 Å². The van der Waals surface area contributed by atoms with Gasteiger partial charge in [0.1, 0.15) is 11.8 Å². The highest BCUT2D eigenvalue weighted by Crippen LogP contribution is 2.21. The Hall–Kier alpha value is -3.34. The van der Waals surface area contributed by atoms with Gasteiger partial charge in [0.25, 0.3) is 0 Å². The van der Waals surface area contributed by atoms with Gasteiger partial charge < -0.3 is 15.0 Å². The van der Waals surface area contributed by atoms with E-state index in [0.29, 0.717) is 19.4 Å². The molecule has 3 aromatic rings. The average Bonchev–Trinajstić information content (AvgIpc) is 2.85. The SMILES string of the molecule is CC[C@@H](C)NC(=O)[C@H](C)N(Cc1ccc(OC)cc1)C(=O)CCc1cccc2ccccc12. The molecular formula is C28H34N2O3. The van der Waals surface area contributed by atoms with Gasteiger partial charge in [-0.3, -0.25) is 9.59 Å². The lowest BCUT2D eigenvalue weighted by molar-refractivity contribution is -0.140. The van der Waals surface area contributed by atoms with Crippen LogP contribution in [-0.2, 0) is 22.6 Å². The van der Waals surface area contributed by atoms with Gasteiger partial charge in [0.05, 0.1) is 7.11 Å². The Morgan fingerprint density at radius 1 is 0.970 bits per heavy atom. The number of nitrogens with zero attached hydrogens (tertiary/aromatic N) is 1. The van der Waals surface area contributed by atoms with E-state index in [1.165, 1.54) is 5.39 Å². The predicted molar refractivity (Wildman–Crippen MR) is 133 cm³/mol. The first-order chi connectivity index (χ1) is 15.9. The van der Waals surface area contributed by atoms with Crippen LogP contribution in [0.25, 0.3) is 10.8 Å². The van der Waals surface area contributed by atoms with Crippen molar-refractivity contribution in [2.45, 2.75) is 58.7 Å². The summed E-state index contributed by atoms with van der Waals surface area (Å²) in [6.45, 7) is 6.17. The van der Waals surface area contributed by atoms with Crippen LogP contribution < -0.4 is 10.1 Å². The maximum absolute atomic E-state index is 13.4. The van der Waals surface area contributed by atoms with Crippen molar-refractivity contribution in [3.8, 4) is 5.75 Å². The van der Waals surface area contributed by atoms with Crippen LogP contribution in [0.5, 0.6) is 5.75 Å². The van der Waals surface area contributed by atoms with Crippen molar-refractivity contribution in [2.24, 2.45) is 0 Å². The highest BCUT2D eigenvalue weighted by Gasteiger charge is 2.26. The van der Waals surface area contributed by atoms with E-state index in [2.05, 4.69) is 29.6 Å². The molecule has 2 atom stereocenters. The molecule has 5 nitrogen and oxygen atoms in total. The topological polar surface area (TPSA) is 58.6 Å². The smallest absolute Gasteiger partial charge is 0.242 e. The number of aryl methyl sites for hydroxylation is 1. The van der Waals surface area contributed by atoms with Crippen LogP contribution in [0.3, 0.4) is 0 Å². The van der Waals surface area contributed by atoms with E-state index in [0.717, 1.165) is 28.7 Å². The number of methoxy groups -OCH3 is 1. The number of ether oxygens (including phenoxy) is 1. The number of rotatable bonds is 10. The molecule has 3 rings (SSSR count). The third-order valence-electron chi connectivity index (χ3n) is 6.17. The van der Waals surface area contributed by atoms with E-state index in [1.54, 1.807) is 18.9 Å². The first kappa shape index (κ1) is 24.3. The summed E-state index contributed by atoms with van der Waals surface area (Å²) in [5.41, 5.74) is 2.10. The molecule has 0 unspecified atom stereocenters. The van der Waals surface area contributed by atoms with Crippen molar-refractivity contribution < 1.29 is 14.3 Å². The monoisotopic (exact) mass is 446 g/mol. The van der Waals surface area contributed by atoms with Gasteiger partial charge in [-0.25, -0.2) is 0 Å². The van der Waals surface area contributed by atoms with Crippen LogP contribution in [0.2, 0.25) is 0 Å². The number of amides is 2. The zero-order chi connectivity index (χ0) is 23.8. The standard InChI is InChI=1S/C28H34N2O3/c1-5-20(2)29-28(32)21(3)30(19-22-13-16-25(33-4)17-14-22)27(31)18-15-24-11-8-10-23-9-6-7-12-26(23)24/h6-14,16-17,20-21H,5,15,18-19H2,1-4H3,(H,29,32)/t20-,21+/m1/s1. The Labute approximate surface area is 196 Å². The lowest BCUT2D eigenvalue weighted by atomic mass is 10.0. The fraction of sp³-hybridized carbons (Fsp3) is 0.357. The number of hydrogen-bond donors (Lipinski definition) is 1. The van der Waals surface area contributed by atoms with Gasteiger partial charge in [-0.1, -0.05) is 61.5 Å². The summed E-state index contributed by atoms with van der Waals surface area (Å²) in [6, 6.07) is 21.5. The minimum absolute atomic E-state index is 0.0365. The Kier molecular flexibility index (Phi) is 8.47. The van der Waals surface area contributed by atoms with Gasteiger partial charge in [0.2, 0.25) is 11.8 Å². The third kappa shape index (κ3) is 6.35. The molecule has 0 spiro atoms. The third-order valence-corrected chi connectivity index (χ3v) is 6.17. The first-order valence-electron chi connectivity index (χ1n) is 11.6. The number of hydrogen-bond acceptors (Lipinski definition) is 3. The molecule has 0 saturated heterocycles. The molecule has 1 N–H and O–H groups in total. The average molecular weight is 447 g/mol. The second-order valence-electron chi connectivity index (χ2n) is 8.50. The normalized spacial score (nSPS) is 12.7. The van der Waals surface area contributed by atoms with Gasteiger partial charge in [-0.05, 0) is 60.7 Å². The Balaban J connectivity index is 1.78. The van der Waals surface area contributed by atoms with Crippen LogP contribution in [0.1, 0.15) is 44.7 Å². The predicted octanol–water partition coefficient (Wildman–Crippen LogP) is 5.11. The van der Waals surface area contributed by atoms with E-state index in [1.807, 2.05) is 56.3 Å². The maximum Gasteiger partial charge on any atom is 0.242 e. The molecule has 3 aromatic carbocycles. The highest BCUT2D eigenvalue weighted by molar-refractivity contribution is 5.89. The van der Waals surface area contributed by atoms with E-state index >= 15 is 0 Å². The van der Waals surface area contributed by atoms with E-state index in [9.17, 15) is 9.59 Å². The molecule has 33 heavy (non-hydrogen) atoms. The van der Waals surface area contributed by atoms with Crippen LogP contribution in [-0.4, -0.2) is 35.9 Å². The highest BCUT2D eigenvalue weighted by atomic mass is 16.5. The molecule has 2 amide bonds. The zero-order valence-electron chi connectivity index (χ0n) is 20.0. The van der Waals surface area contributed by atoms with Gasteiger partial charge in [-0.2, -0.15) is 0 Å². The summed E-state index contributed by atoms with van der Waals surface area (Å²) in [5.74, 6) is 0.595. The molecule has 0 saturated carbocycles. The van der Waals surface area contributed by atoms with Crippen LogP contribution >= 0.6 is 0 Å². The van der Waals surface area contributed by atoms with E-state index in [-0.39, 0.29) is 17.9 Å². The number of carbonyl (C=O) groups excluding carboxylic acids is 2. The molecule has 0 fully saturated rings. The first-order valence-corrected chi connectivity index (χ1v) is 11.6. The number of nitrogens with one attached hydrogen (secondary N) is 1. The Bertz CT molecular complexity index is 1070. The van der Waals surface area contributed by atoms with Crippen LogP contribution in [0, 0.1) is 0 Å². The second-order valence-corrected chi connectivity index (χ2v) is 8.50. The van der Waals surface area contributed by atoms with Crippen molar-refractivity contribution in [1.29, 1.82) is 0 Å². The second kappa shape index (κ2) is 11.5. The van der Waals surface area contributed by atoms with Gasteiger partial charge >= 0.3 is 0 Å². The molecule has 0 bridgehead atoms. The molecule has 0 aromatic heterocycles. The largest absolute Gasteiger partial charge is 0.497 e. The molecule has 5 heteroatoms. The minimum atomic E-state index is -0.568. The molecular weight excluding hydrogens is 412 g/mol. The molecule has 0 aliphatic carbocycles. The maximum atomic E-state index is 13.4. The van der Waals surface area contributed by atoms with Gasteiger partial charge in [0, 0.05) is 19.0 Å². The lowest BCUT2D eigenvalue weighted by Crippen LogP contribution is -2.49. The summed E-state index contributed by atoms with van der Waals surface area (Å²) < 4.78 is 5.24. The number of benzene rings is 3. The molecule has 174 valence electrons. The van der Waals surface area contributed by atoms with Gasteiger partial charge in [0.15, 0.2) is 0 Å². The summed E-state index contributed by atoms with van der Waals surface area (Å²) in [4.78, 5) is 28.0. The van der Waals surface area contributed by atoms with Crippen LogP contribution in [0.15, 0.2) is 66.7 Å². The molecule has 0 aliphatic heterocycles. The fourth-order valence-electron chi connectivity index (χ4n) is 3.87. The summed E-state index contributed by atoms with van der Waals surface area (Å²) in [5, 5.41) is 5.34. The van der Waals surface area contributed by atoms with Crippen LogP contribution in [0.4, 0.5) is 0 Å². The van der Waals surface area contributed by atoms with Crippen molar-refractivity contribution in [2.75, 3.05) is 7.11 Å². The van der Waals surface area contributed by atoms with Crippen molar-refractivity contribution >= 4 is 22.6 Å². The number of fused-ring (bicyclic) bond motifs is 1. The molecule has 0 heterocycles. The van der Waals surface area contributed by atoms with Crippen molar-refractivity contribution in [3.05, 3.63) is 77.9 Å². The summed E-state index contributed by atoms with van der Waals surface area (Å²) in [7, 11) is 1.62. The fourth-order valence-corrected chi connectivity index (χ4v) is 3.87.